The monoisotopic (exact) mass is 359 g/mol. The first-order chi connectivity index (χ1) is 12.3. The van der Waals surface area contributed by atoms with E-state index >= 15 is 0 Å². The summed E-state index contributed by atoms with van der Waals surface area (Å²) in [7, 11) is 0. The van der Waals surface area contributed by atoms with Gasteiger partial charge in [-0.3, -0.25) is 10.1 Å². The molecule has 10 heteroatoms. The van der Waals surface area contributed by atoms with Gasteiger partial charge in [0.15, 0.2) is 11.6 Å². The second-order valence-corrected chi connectivity index (χ2v) is 5.49. The lowest BCUT2D eigenvalue weighted by molar-refractivity contribution is -0.385. The quantitative estimate of drug-likeness (QED) is 0.304. The summed E-state index contributed by atoms with van der Waals surface area (Å²) in [5.74, 6) is -1.43. The molecule has 3 aromatic rings. The molecule has 0 aliphatic rings. The Labute approximate surface area is 145 Å². The molecule has 2 aromatic carbocycles. The summed E-state index contributed by atoms with van der Waals surface area (Å²) in [5.41, 5.74) is 0.0579. The number of nitro groups is 1. The highest BCUT2D eigenvalue weighted by molar-refractivity contribution is 5.67. The number of phenols is 4. The van der Waals surface area contributed by atoms with E-state index < -0.39 is 22.1 Å². The van der Waals surface area contributed by atoms with Crippen molar-refractivity contribution in [1.29, 1.82) is 0 Å². The first kappa shape index (κ1) is 17.0. The van der Waals surface area contributed by atoms with Gasteiger partial charge >= 0.3 is 5.69 Å². The van der Waals surface area contributed by atoms with Crippen LogP contribution in [0, 0.1) is 10.1 Å². The van der Waals surface area contributed by atoms with Crippen LogP contribution in [0.1, 0.15) is 11.4 Å². The molecule has 0 unspecified atom stereocenters. The molecule has 0 bridgehead atoms. The number of aromatic nitrogens is 2. The minimum atomic E-state index is -0.845. The Balaban J connectivity index is 1.81. The number of benzene rings is 2. The van der Waals surface area contributed by atoms with Crippen LogP contribution in [0.5, 0.6) is 23.0 Å². The second-order valence-electron chi connectivity index (χ2n) is 5.49. The Morgan fingerprint density at radius 3 is 2.35 bits per heavy atom. The average Bonchev–Trinajstić information content (AvgIpc) is 3.03. The standard InChI is InChI=1S/C16H13N3O7/c20-10-3-8(4-11(21)7-10)1-2-14-17-16(26-18-14)9-5-12(19(24)25)15(23)13(22)6-9/h3-7,20-23H,1-2H2. The minimum absolute atomic E-state index is 0.0582. The molecule has 0 radical (unpaired) electrons. The van der Waals surface area contributed by atoms with Gasteiger partial charge < -0.3 is 24.9 Å². The fourth-order valence-corrected chi connectivity index (χ4v) is 2.40. The predicted molar refractivity (Wildman–Crippen MR) is 86.9 cm³/mol. The summed E-state index contributed by atoms with van der Waals surface area (Å²) >= 11 is 0. The molecule has 4 N–H and O–H groups in total. The number of nitrogens with zero attached hydrogens (tertiary/aromatic N) is 3. The van der Waals surface area contributed by atoms with Crippen LogP contribution in [0.25, 0.3) is 11.5 Å². The Morgan fingerprint density at radius 2 is 1.69 bits per heavy atom. The first-order valence-electron chi connectivity index (χ1n) is 7.38. The molecular weight excluding hydrogens is 346 g/mol. The first-order valence-corrected chi connectivity index (χ1v) is 7.38. The summed E-state index contributed by atoms with van der Waals surface area (Å²) in [6, 6.07) is 6.27. The largest absolute Gasteiger partial charge is 0.508 e. The number of hydrogen-bond donors (Lipinski definition) is 4. The van der Waals surface area contributed by atoms with Gasteiger partial charge in [-0.25, -0.2) is 0 Å². The number of hydrogen-bond acceptors (Lipinski definition) is 9. The highest BCUT2D eigenvalue weighted by atomic mass is 16.6. The van der Waals surface area contributed by atoms with Crippen LogP contribution in [0.4, 0.5) is 5.69 Å². The summed E-state index contributed by atoms with van der Waals surface area (Å²) < 4.78 is 5.04. The van der Waals surface area contributed by atoms with Gasteiger partial charge in [0.05, 0.1) is 10.5 Å². The number of nitro benzene ring substituents is 1. The normalized spacial score (nSPS) is 10.8. The van der Waals surface area contributed by atoms with Crippen LogP contribution in [0.2, 0.25) is 0 Å². The minimum Gasteiger partial charge on any atom is -0.508 e. The molecule has 0 saturated heterocycles. The number of rotatable bonds is 5. The van der Waals surface area contributed by atoms with Crippen LogP contribution >= 0.6 is 0 Å². The van der Waals surface area contributed by atoms with Gasteiger partial charge in [-0.15, -0.1) is 0 Å². The summed E-state index contributed by atoms with van der Waals surface area (Å²) in [6.45, 7) is 0. The van der Waals surface area contributed by atoms with E-state index in [9.17, 15) is 30.5 Å². The van der Waals surface area contributed by atoms with E-state index in [0.717, 1.165) is 12.1 Å². The maximum Gasteiger partial charge on any atom is 0.315 e. The van der Waals surface area contributed by atoms with Crippen molar-refractivity contribution in [3.63, 3.8) is 0 Å². The van der Waals surface area contributed by atoms with Crippen molar-refractivity contribution in [2.24, 2.45) is 0 Å². The Morgan fingerprint density at radius 1 is 1.00 bits per heavy atom. The molecule has 134 valence electrons. The van der Waals surface area contributed by atoms with Crippen molar-refractivity contribution >= 4 is 5.69 Å². The van der Waals surface area contributed by atoms with Crippen molar-refractivity contribution in [1.82, 2.24) is 10.1 Å². The molecule has 1 heterocycles. The summed E-state index contributed by atoms with van der Waals surface area (Å²) in [4.78, 5) is 14.2. The molecule has 0 aliphatic heterocycles. The topological polar surface area (TPSA) is 163 Å². The molecule has 0 aliphatic carbocycles. The Hall–Kier alpha value is -3.82. The van der Waals surface area contributed by atoms with Gasteiger partial charge in [0.1, 0.15) is 11.5 Å². The molecule has 0 spiro atoms. The third-order valence-corrected chi connectivity index (χ3v) is 3.58. The lowest BCUT2D eigenvalue weighted by atomic mass is 10.1. The van der Waals surface area contributed by atoms with Gasteiger partial charge in [0.2, 0.25) is 5.75 Å². The lowest BCUT2D eigenvalue weighted by Gasteiger charge is -2.01. The maximum atomic E-state index is 10.9. The molecule has 0 amide bonds. The predicted octanol–water partition coefficient (Wildman–Crippen LogP) is 2.25. The van der Waals surface area contributed by atoms with Crippen LogP contribution in [-0.2, 0) is 12.8 Å². The molecule has 26 heavy (non-hydrogen) atoms. The van der Waals surface area contributed by atoms with Crippen molar-refractivity contribution in [3.05, 3.63) is 51.8 Å². The molecule has 1 aromatic heterocycles. The van der Waals surface area contributed by atoms with Crippen molar-refractivity contribution in [3.8, 4) is 34.5 Å². The smallest absolute Gasteiger partial charge is 0.315 e. The second kappa shape index (κ2) is 6.59. The molecule has 0 saturated carbocycles. The summed E-state index contributed by atoms with van der Waals surface area (Å²) in [6.07, 6.45) is 0.723. The average molecular weight is 359 g/mol. The molecule has 10 nitrogen and oxygen atoms in total. The number of aromatic hydroxyl groups is 4. The van der Waals surface area contributed by atoms with E-state index in [1.807, 2.05) is 0 Å². The fraction of sp³-hybridized carbons (Fsp3) is 0.125. The van der Waals surface area contributed by atoms with Crippen molar-refractivity contribution in [2.75, 3.05) is 0 Å². The third kappa shape index (κ3) is 3.48. The molecular formula is C16H13N3O7. The van der Waals surface area contributed by atoms with Gasteiger partial charge in [-0.1, -0.05) is 5.16 Å². The molecule has 3 rings (SSSR count). The van der Waals surface area contributed by atoms with Crippen molar-refractivity contribution in [2.45, 2.75) is 12.8 Å². The molecule has 0 atom stereocenters. The van der Waals surface area contributed by atoms with E-state index in [4.69, 9.17) is 4.52 Å². The van der Waals surface area contributed by atoms with Crippen LogP contribution < -0.4 is 0 Å². The zero-order chi connectivity index (χ0) is 18.8. The van der Waals surface area contributed by atoms with Gasteiger partial charge in [0, 0.05) is 18.6 Å². The van der Waals surface area contributed by atoms with E-state index in [2.05, 4.69) is 10.1 Å². The zero-order valence-electron chi connectivity index (χ0n) is 13.2. The lowest BCUT2D eigenvalue weighted by Crippen LogP contribution is -1.94. The van der Waals surface area contributed by atoms with Crippen LogP contribution in [-0.4, -0.2) is 35.5 Å². The Kier molecular flexibility index (Phi) is 4.31. The van der Waals surface area contributed by atoms with E-state index in [1.54, 1.807) is 0 Å². The van der Waals surface area contributed by atoms with Gasteiger partial charge in [0.25, 0.3) is 5.89 Å². The third-order valence-electron chi connectivity index (χ3n) is 3.58. The number of aryl methyl sites for hydroxylation is 2. The zero-order valence-corrected chi connectivity index (χ0v) is 13.2. The summed E-state index contributed by atoms with van der Waals surface area (Å²) in [5, 5.41) is 52.7. The van der Waals surface area contributed by atoms with E-state index in [1.165, 1.54) is 18.2 Å². The van der Waals surface area contributed by atoms with Crippen molar-refractivity contribution < 1.29 is 29.9 Å². The van der Waals surface area contributed by atoms with E-state index in [-0.39, 0.29) is 28.8 Å². The van der Waals surface area contributed by atoms with E-state index in [0.29, 0.717) is 18.4 Å². The highest BCUT2D eigenvalue weighted by Crippen LogP contribution is 2.38. The van der Waals surface area contributed by atoms with Gasteiger partial charge in [-0.05, 0) is 30.2 Å². The van der Waals surface area contributed by atoms with Gasteiger partial charge in [-0.2, -0.15) is 4.98 Å². The fourth-order valence-electron chi connectivity index (χ4n) is 2.40. The Bertz CT molecular complexity index is 964. The highest BCUT2D eigenvalue weighted by Gasteiger charge is 2.22. The SMILES string of the molecule is O=[N+]([O-])c1cc(-c2nc(CCc3cc(O)cc(O)c3)no2)cc(O)c1O. The van der Waals surface area contributed by atoms with Crippen LogP contribution in [0.15, 0.2) is 34.9 Å². The maximum absolute atomic E-state index is 10.9. The molecule has 0 fully saturated rings. The van der Waals surface area contributed by atoms with Crippen LogP contribution in [0.3, 0.4) is 0 Å². The number of phenolic OH excluding ortho intramolecular Hbond substituents is 4.